The minimum absolute atomic E-state index is 0.482. The lowest BCUT2D eigenvalue weighted by Gasteiger charge is -2.36. The lowest BCUT2D eigenvalue weighted by molar-refractivity contribution is -0.0317. The Morgan fingerprint density at radius 3 is 2.65 bits per heavy atom. The zero-order chi connectivity index (χ0) is 13.8. The zero-order valence-corrected chi connectivity index (χ0v) is 11.3. The summed E-state index contributed by atoms with van der Waals surface area (Å²) in [5.41, 5.74) is -0.504. The summed E-state index contributed by atoms with van der Waals surface area (Å²) in [6.45, 7) is 1.21. The molecule has 1 heterocycles. The Morgan fingerprint density at radius 1 is 1.15 bits per heavy atom. The highest BCUT2D eigenvalue weighted by atomic mass is 16.6. The number of furan rings is 1. The normalized spacial score (nSPS) is 16.6. The summed E-state index contributed by atoms with van der Waals surface area (Å²) in [5.74, 6) is 2.04. The van der Waals surface area contributed by atoms with Crippen molar-refractivity contribution in [2.45, 2.75) is 31.4 Å². The molecule has 106 valence electrons. The Balaban J connectivity index is 1.49. The van der Waals surface area contributed by atoms with Crippen LogP contribution in [0.2, 0.25) is 0 Å². The number of ether oxygens (including phenoxy) is 1. The third kappa shape index (κ3) is 3.21. The van der Waals surface area contributed by atoms with Gasteiger partial charge in [-0.05, 0) is 37.5 Å². The second kappa shape index (κ2) is 5.69. The van der Waals surface area contributed by atoms with Crippen LogP contribution in [0, 0.1) is 0 Å². The van der Waals surface area contributed by atoms with Crippen LogP contribution >= 0.6 is 0 Å². The molecule has 0 saturated heterocycles. The first-order chi connectivity index (χ1) is 9.73. The molecule has 0 spiro atoms. The summed E-state index contributed by atoms with van der Waals surface area (Å²) in [5, 5.41) is 13.2. The van der Waals surface area contributed by atoms with Gasteiger partial charge in [0, 0.05) is 12.6 Å². The predicted octanol–water partition coefficient (Wildman–Crippen LogP) is 3.08. The average molecular weight is 273 g/mol. The third-order valence-corrected chi connectivity index (χ3v) is 3.64. The summed E-state index contributed by atoms with van der Waals surface area (Å²) < 4.78 is 11.2. The van der Waals surface area contributed by atoms with Gasteiger partial charge in [-0.3, -0.25) is 0 Å². The first-order valence-electron chi connectivity index (χ1n) is 6.98. The van der Waals surface area contributed by atoms with Gasteiger partial charge >= 0.3 is 0 Å². The quantitative estimate of drug-likeness (QED) is 0.849. The summed E-state index contributed by atoms with van der Waals surface area (Å²) in [7, 11) is 0. The Hall–Kier alpha value is -1.78. The van der Waals surface area contributed by atoms with Gasteiger partial charge in [0.15, 0.2) is 0 Å². The van der Waals surface area contributed by atoms with Crippen molar-refractivity contribution in [3.8, 4) is 11.7 Å². The van der Waals surface area contributed by atoms with Gasteiger partial charge in [0.25, 0.3) is 5.95 Å². The fourth-order valence-corrected chi connectivity index (χ4v) is 2.29. The van der Waals surface area contributed by atoms with Crippen molar-refractivity contribution in [1.29, 1.82) is 0 Å². The van der Waals surface area contributed by atoms with Crippen LogP contribution in [-0.2, 0) is 6.54 Å². The van der Waals surface area contributed by atoms with E-state index in [1.54, 1.807) is 0 Å². The van der Waals surface area contributed by atoms with E-state index in [1.807, 2.05) is 42.5 Å². The van der Waals surface area contributed by atoms with Crippen molar-refractivity contribution >= 4 is 0 Å². The summed E-state index contributed by atoms with van der Waals surface area (Å²) in [6.07, 6.45) is 2.90. The Bertz CT molecular complexity index is 546. The van der Waals surface area contributed by atoms with Crippen LogP contribution in [0.15, 0.2) is 46.9 Å². The molecule has 4 nitrogen and oxygen atoms in total. The van der Waals surface area contributed by atoms with Gasteiger partial charge in [0.1, 0.15) is 11.5 Å². The number of rotatable bonds is 6. The molecule has 1 aromatic heterocycles. The van der Waals surface area contributed by atoms with Crippen LogP contribution in [0.5, 0.6) is 11.7 Å². The molecular weight excluding hydrogens is 254 g/mol. The monoisotopic (exact) mass is 273 g/mol. The van der Waals surface area contributed by atoms with E-state index in [0.717, 1.165) is 30.8 Å². The first-order valence-corrected chi connectivity index (χ1v) is 6.98. The molecule has 0 amide bonds. The van der Waals surface area contributed by atoms with E-state index in [9.17, 15) is 5.11 Å². The van der Waals surface area contributed by atoms with Crippen LogP contribution in [0.4, 0.5) is 0 Å². The maximum Gasteiger partial charge on any atom is 0.290 e. The molecule has 0 radical (unpaired) electrons. The van der Waals surface area contributed by atoms with Crippen molar-refractivity contribution in [2.24, 2.45) is 0 Å². The Morgan fingerprint density at radius 2 is 1.95 bits per heavy atom. The van der Waals surface area contributed by atoms with Crippen molar-refractivity contribution in [1.82, 2.24) is 5.32 Å². The molecule has 0 atom stereocenters. The highest BCUT2D eigenvalue weighted by Gasteiger charge is 2.33. The molecular formula is C16H19NO3. The standard InChI is InChI=1S/C16H19NO3/c18-16(9-4-10-16)12-17-11-14-7-8-15(20-14)19-13-5-2-1-3-6-13/h1-3,5-8,17-18H,4,9-12H2. The number of aliphatic hydroxyl groups is 1. The molecule has 1 aliphatic carbocycles. The fourth-order valence-electron chi connectivity index (χ4n) is 2.29. The molecule has 2 N–H and O–H groups in total. The molecule has 1 fully saturated rings. The van der Waals surface area contributed by atoms with E-state index in [-0.39, 0.29) is 0 Å². The van der Waals surface area contributed by atoms with Crippen LogP contribution in [0.25, 0.3) is 0 Å². The highest BCUT2D eigenvalue weighted by Crippen LogP contribution is 2.30. The zero-order valence-electron chi connectivity index (χ0n) is 11.3. The minimum Gasteiger partial charge on any atom is -0.429 e. The second-order valence-electron chi connectivity index (χ2n) is 5.32. The maximum atomic E-state index is 9.97. The van der Waals surface area contributed by atoms with Crippen molar-refractivity contribution in [3.63, 3.8) is 0 Å². The van der Waals surface area contributed by atoms with Gasteiger partial charge in [0.2, 0.25) is 0 Å². The molecule has 1 aromatic carbocycles. The predicted molar refractivity (Wildman–Crippen MR) is 75.7 cm³/mol. The highest BCUT2D eigenvalue weighted by molar-refractivity contribution is 5.26. The lowest BCUT2D eigenvalue weighted by atomic mass is 9.80. The van der Waals surface area contributed by atoms with Gasteiger partial charge in [-0.15, -0.1) is 0 Å². The largest absolute Gasteiger partial charge is 0.429 e. The van der Waals surface area contributed by atoms with Crippen LogP contribution < -0.4 is 10.1 Å². The van der Waals surface area contributed by atoms with Crippen molar-refractivity contribution in [3.05, 3.63) is 48.2 Å². The smallest absolute Gasteiger partial charge is 0.290 e. The molecule has 1 aliphatic rings. The van der Waals surface area contributed by atoms with E-state index in [4.69, 9.17) is 9.15 Å². The number of para-hydroxylation sites is 1. The molecule has 0 aliphatic heterocycles. The molecule has 2 aromatic rings. The van der Waals surface area contributed by atoms with Crippen molar-refractivity contribution in [2.75, 3.05) is 6.54 Å². The number of benzene rings is 1. The van der Waals surface area contributed by atoms with Crippen LogP contribution in [0.3, 0.4) is 0 Å². The van der Waals surface area contributed by atoms with E-state index < -0.39 is 5.60 Å². The molecule has 0 bridgehead atoms. The maximum absolute atomic E-state index is 9.97. The number of nitrogens with one attached hydrogen (secondary N) is 1. The summed E-state index contributed by atoms with van der Waals surface area (Å²) in [6, 6.07) is 13.2. The fraction of sp³-hybridized carbons (Fsp3) is 0.375. The van der Waals surface area contributed by atoms with Crippen LogP contribution in [0.1, 0.15) is 25.0 Å². The van der Waals surface area contributed by atoms with E-state index in [1.165, 1.54) is 0 Å². The Kier molecular flexibility index (Phi) is 3.76. The summed E-state index contributed by atoms with van der Waals surface area (Å²) in [4.78, 5) is 0. The van der Waals surface area contributed by atoms with E-state index >= 15 is 0 Å². The molecule has 20 heavy (non-hydrogen) atoms. The molecule has 1 saturated carbocycles. The third-order valence-electron chi connectivity index (χ3n) is 3.64. The first kappa shape index (κ1) is 13.2. The van der Waals surface area contributed by atoms with Gasteiger partial charge in [-0.1, -0.05) is 18.2 Å². The molecule has 3 rings (SSSR count). The number of hydrogen-bond acceptors (Lipinski definition) is 4. The Labute approximate surface area is 118 Å². The van der Waals surface area contributed by atoms with Crippen molar-refractivity contribution < 1.29 is 14.3 Å². The topological polar surface area (TPSA) is 54.6 Å². The van der Waals surface area contributed by atoms with Gasteiger partial charge < -0.3 is 19.6 Å². The average Bonchev–Trinajstić information content (AvgIpc) is 2.85. The summed E-state index contributed by atoms with van der Waals surface area (Å²) >= 11 is 0. The SMILES string of the molecule is OC1(CNCc2ccc(Oc3ccccc3)o2)CCC1. The van der Waals surface area contributed by atoms with Gasteiger partial charge in [-0.25, -0.2) is 0 Å². The van der Waals surface area contributed by atoms with Gasteiger partial charge in [0.05, 0.1) is 12.1 Å². The second-order valence-corrected chi connectivity index (χ2v) is 5.32. The number of hydrogen-bond donors (Lipinski definition) is 2. The molecule has 4 heteroatoms. The van der Waals surface area contributed by atoms with Gasteiger partial charge in [-0.2, -0.15) is 0 Å². The van der Waals surface area contributed by atoms with E-state index in [0.29, 0.717) is 19.0 Å². The lowest BCUT2D eigenvalue weighted by Crippen LogP contribution is -2.45. The van der Waals surface area contributed by atoms with E-state index in [2.05, 4.69) is 5.32 Å². The molecule has 0 unspecified atom stereocenters. The van der Waals surface area contributed by atoms with Crippen LogP contribution in [-0.4, -0.2) is 17.3 Å². The minimum atomic E-state index is -0.504.